The summed E-state index contributed by atoms with van der Waals surface area (Å²) in [4.78, 5) is 11.7. The molecule has 3 N–H and O–H groups in total. The Morgan fingerprint density at radius 2 is 2.05 bits per heavy atom. The minimum atomic E-state index is -4.47. The fourth-order valence-corrected chi connectivity index (χ4v) is 2.01. The largest absolute Gasteiger partial charge is 0.416 e. The number of rotatable bonds is 3. The molecular formula is C13H15F3N2O. The Labute approximate surface area is 109 Å². The van der Waals surface area contributed by atoms with Gasteiger partial charge >= 0.3 is 6.18 Å². The van der Waals surface area contributed by atoms with E-state index < -0.39 is 11.7 Å². The van der Waals surface area contributed by atoms with Crippen LogP contribution in [0, 0.1) is 5.92 Å². The second-order valence-corrected chi connectivity index (χ2v) is 4.69. The lowest BCUT2D eigenvalue weighted by Crippen LogP contribution is -2.28. The standard InChI is InChI=1S/C13H15F3N2O/c14-13(15,16)11-6-10(5-4-9(11)7-17)18-12(19)8-2-1-3-8/h4-6,8H,1-3,7,17H2,(H,18,19). The molecule has 0 saturated heterocycles. The summed E-state index contributed by atoms with van der Waals surface area (Å²) < 4.78 is 38.5. The van der Waals surface area contributed by atoms with Gasteiger partial charge in [0.15, 0.2) is 0 Å². The number of nitrogens with one attached hydrogen (secondary N) is 1. The first-order valence-electron chi connectivity index (χ1n) is 6.13. The molecule has 3 nitrogen and oxygen atoms in total. The number of benzene rings is 1. The van der Waals surface area contributed by atoms with Crippen molar-refractivity contribution in [3.8, 4) is 0 Å². The quantitative estimate of drug-likeness (QED) is 0.889. The highest BCUT2D eigenvalue weighted by Crippen LogP contribution is 2.34. The monoisotopic (exact) mass is 272 g/mol. The Hall–Kier alpha value is -1.56. The van der Waals surface area contributed by atoms with Crippen molar-refractivity contribution in [1.82, 2.24) is 0 Å². The molecule has 1 aliphatic rings. The second kappa shape index (κ2) is 5.21. The van der Waals surface area contributed by atoms with Crippen LogP contribution in [0.2, 0.25) is 0 Å². The van der Waals surface area contributed by atoms with Crippen molar-refractivity contribution in [3.05, 3.63) is 29.3 Å². The van der Waals surface area contributed by atoms with Crippen LogP contribution in [0.3, 0.4) is 0 Å². The van der Waals surface area contributed by atoms with Crippen molar-refractivity contribution in [2.45, 2.75) is 32.0 Å². The fourth-order valence-electron chi connectivity index (χ4n) is 2.01. The van der Waals surface area contributed by atoms with Gasteiger partial charge in [0.1, 0.15) is 0 Å². The normalized spacial score (nSPS) is 16.0. The number of alkyl halides is 3. The summed E-state index contributed by atoms with van der Waals surface area (Å²) >= 11 is 0. The van der Waals surface area contributed by atoms with Crippen LogP contribution in [0.25, 0.3) is 0 Å². The van der Waals surface area contributed by atoms with Crippen LogP contribution in [0.4, 0.5) is 18.9 Å². The Bertz CT molecular complexity index is 481. The van der Waals surface area contributed by atoms with Crippen molar-refractivity contribution >= 4 is 11.6 Å². The Balaban J connectivity index is 2.20. The molecule has 0 unspecified atom stereocenters. The molecule has 0 aliphatic heterocycles. The van der Waals surface area contributed by atoms with Gasteiger partial charge in [0, 0.05) is 18.2 Å². The first kappa shape index (κ1) is 13.9. The highest BCUT2D eigenvalue weighted by atomic mass is 19.4. The van der Waals surface area contributed by atoms with Gasteiger partial charge in [-0.25, -0.2) is 0 Å². The van der Waals surface area contributed by atoms with Crippen LogP contribution in [0.5, 0.6) is 0 Å². The van der Waals surface area contributed by atoms with Gasteiger partial charge in [-0.1, -0.05) is 12.5 Å². The van der Waals surface area contributed by atoms with Crippen LogP contribution in [-0.4, -0.2) is 5.91 Å². The molecule has 2 rings (SSSR count). The van der Waals surface area contributed by atoms with Crippen molar-refractivity contribution in [1.29, 1.82) is 0 Å². The number of halogens is 3. The van der Waals surface area contributed by atoms with Gasteiger partial charge in [-0.3, -0.25) is 4.79 Å². The predicted molar refractivity (Wildman–Crippen MR) is 65.3 cm³/mol. The topological polar surface area (TPSA) is 55.1 Å². The van der Waals surface area contributed by atoms with Crippen LogP contribution in [0.1, 0.15) is 30.4 Å². The minimum Gasteiger partial charge on any atom is -0.326 e. The highest BCUT2D eigenvalue weighted by Gasteiger charge is 2.33. The van der Waals surface area contributed by atoms with E-state index in [1.807, 2.05) is 0 Å². The molecule has 0 bridgehead atoms. The summed E-state index contributed by atoms with van der Waals surface area (Å²) in [6.07, 6.45) is -1.86. The maximum absolute atomic E-state index is 12.8. The maximum Gasteiger partial charge on any atom is 0.416 e. The maximum atomic E-state index is 12.8. The van der Waals surface area contributed by atoms with Crippen molar-refractivity contribution in [3.63, 3.8) is 0 Å². The first-order valence-corrected chi connectivity index (χ1v) is 6.13. The van der Waals surface area contributed by atoms with Crippen molar-refractivity contribution < 1.29 is 18.0 Å². The lowest BCUT2D eigenvalue weighted by atomic mass is 9.85. The number of hydrogen-bond acceptors (Lipinski definition) is 2. The summed E-state index contributed by atoms with van der Waals surface area (Å²) in [5, 5.41) is 2.53. The molecule has 6 heteroatoms. The van der Waals surface area contributed by atoms with Gasteiger partial charge in [-0.05, 0) is 30.5 Å². The van der Waals surface area contributed by atoms with Gasteiger partial charge in [-0.2, -0.15) is 13.2 Å². The van der Waals surface area contributed by atoms with E-state index >= 15 is 0 Å². The average Bonchev–Trinajstić information content (AvgIpc) is 2.25. The summed E-state index contributed by atoms with van der Waals surface area (Å²) in [7, 11) is 0. The van der Waals surface area contributed by atoms with E-state index in [1.165, 1.54) is 12.1 Å². The fraction of sp³-hybridized carbons (Fsp3) is 0.462. The minimum absolute atomic E-state index is 0.0224. The molecule has 0 atom stereocenters. The smallest absolute Gasteiger partial charge is 0.326 e. The third-order valence-electron chi connectivity index (χ3n) is 3.38. The lowest BCUT2D eigenvalue weighted by molar-refractivity contribution is -0.138. The van der Waals surface area contributed by atoms with Gasteiger partial charge in [0.2, 0.25) is 5.91 Å². The van der Waals surface area contributed by atoms with Crippen LogP contribution >= 0.6 is 0 Å². The number of nitrogens with two attached hydrogens (primary N) is 1. The highest BCUT2D eigenvalue weighted by molar-refractivity contribution is 5.93. The van der Waals surface area contributed by atoms with E-state index in [2.05, 4.69) is 5.32 Å². The molecule has 1 aromatic carbocycles. The molecule has 104 valence electrons. The number of carbonyl (C=O) groups excluding carboxylic acids is 1. The second-order valence-electron chi connectivity index (χ2n) is 4.69. The Kier molecular flexibility index (Phi) is 3.80. The van der Waals surface area contributed by atoms with Gasteiger partial charge in [0.25, 0.3) is 0 Å². The van der Waals surface area contributed by atoms with Gasteiger partial charge in [-0.15, -0.1) is 0 Å². The number of hydrogen-bond donors (Lipinski definition) is 2. The Morgan fingerprint density at radius 1 is 1.37 bits per heavy atom. The Morgan fingerprint density at radius 3 is 2.53 bits per heavy atom. The van der Waals surface area contributed by atoms with E-state index in [4.69, 9.17) is 5.73 Å². The molecule has 1 fully saturated rings. The predicted octanol–water partition coefficient (Wildman–Crippen LogP) is 2.90. The molecule has 1 aliphatic carbocycles. The molecule has 0 spiro atoms. The molecule has 1 saturated carbocycles. The summed E-state index contributed by atoms with van der Waals surface area (Å²) in [6, 6.07) is 3.70. The molecular weight excluding hydrogens is 257 g/mol. The van der Waals surface area contributed by atoms with Crippen LogP contribution in [-0.2, 0) is 17.5 Å². The average molecular weight is 272 g/mol. The molecule has 0 aromatic heterocycles. The summed E-state index contributed by atoms with van der Waals surface area (Å²) in [5.41, 5.74) is 4.69. The third kappa shape index (κ3) is 3.07. The van der Waals surface area contributed by atoms with Gasteiger partial charge in [0.05, 0.1) is 5.56 Å². The molecule has 0 radical (unpaired) electrons. The van der Waals surface area contributed by atoms with E-state index in [-0.39, 0.29) is 29.6 Å². The van der Waals surface area contributed by atoms with E-state index in [0.29, 0.717) is 0 Å². The zero-order valence-corrected chi connectivity index (χ0v) is 10.3. The molecule has 19 heavy (non-hydrogen) atoms. The summed E-state index contributed by atoms with van der Waals surface area (Å²) in [6.45, 7) is -0.189. The first-order chi connectivity index (χ1) is 8.91. The zero-order chi connectivity index (χ0) is 14.0. The zero-order valence-electron chi connectivity index (χ0n) is 10.3. The van der Waals surface area contributed by atoms with Crippen molar-refractivity contribution in [2.24, 2.45) is 11.7 Å². The third-order valence-corrected chi connectivity index (χ3v) is 3.38. The molecule has 0 heterocycles. The van der Waals surface area contributed by atoms with E-state index in [0.717, 1.165) is 25.3 Å². The van der Waals surface area contributed by atoms with E-state index in [9.17, 15) is 18.0 Å². The number of carbonyl (C=O) groups is 1. The van der Waals surface area contributed by atoms with Crippen LogP contribution < -0.4 is 11.1 Å². The number of anilines is 1. The summed E-state index contributed by atoms with van der Waals surface area (Å²) in [5.74, 6) is -0.275. The van der Waals surface area contributed by atoms with E-state index in [1.54, 1.807) is 0 Å². The van der Waals surface area contributed by atoms with Crippen molar-refractivity contribution in [2.75, 3.05) is 5.32 Å². The lowest BCUT2D eigenvalue weighted by Gasteiger charge is -2.24. The van der Waals surface area contributed by atoms with Gasteiger partial charge < -0.3 is 11.1 Å². The number of amides is 1. The van der Waals surface area contributed by atoms with Crippen LogP contribution in [0.15, 0.2) is 18.2 Å². The molecule has 1 amide bonds. The SMILES string of the molecule is NCc1ccc(NC(=O)C2CCC2)cc1C(F)(F)F. The molecule has 1 aromatic rings.